The van der Waals surface area contributed by atoms with Crippen LogP contribution >= 0.6 is 38.5 Å². The van der Waals surface area contributed by atoms with E-state index in [-0.39, 0.29) is 5.91 Å². The van der Waals surface area contributed by atoms with Gasteiger partial charge in [-0.2, -0.15) is 0 Å². The maximum Gasteiger partial charge on any atom is 0.251 e. The third-order valence-corrected chi connectivity index (χ3v) is 4.81. The Kier molecular flexibility index (Phi) is 3.89. The zero-order valence-electron chi connectivity index (χ0n) is 8.80. The highest BCUT2D eigenvalue weighted by Gasteiger charge is 2.41. The molecule has 0 unspecified atom stereocenters. The number of hydrogen-bond acceptors (Lipinski definition) is 1. The number of hydrogen-bond donors (Lipinski definition) is 1. The molecule has 1 aliphatic rings. The molecule has 1 saturated carbocycles. The van der Waals surface area contributed by atoms with Gasteiger partial charge in [0, 0.05) is 21.0 Å². The van der Waals surface area contributed by atoms with Crippen LogP contribution < -0.4 is 5.32 Å². The molecule has 0 radical (unpaired) electrons. The van der Waals surface area contributed by atoms with Crippen molar-refractivity contribution in [2.24, 2.45) is 5.41 Å². The highest BCUT2D eigenvalue weighted by molar-refractivity contribution is 14.1. The molecule has 2 rings (SSSR count). The van der Waals surface area contributed by atoms with Crippen molar-refractivity contribution in [3.63, 3.8) is 0 Å². The predicted octanol–water partition coefficient (Wildman–Crippen LogP) is 3.20. The van der Waals surface area contributed by atoms with Crippen LogP contribution in [0, 0.1) is 8.99 Å². The maximum atomic E-state index is 11.9. The number of amides is 1. The first kappa shape index (κ1) is 12.4. The molecular formula is C12H13BrINO. The zero-order chi connectivity index (χ0) is 11.6. The van der Waals surface area contributed by atoms with Crippen LogP contribution in [0.3, 0.4) is 0 Å². The van der Waals surface area contributed by atoms with Crippen LogP contribution in [-0.2, 0) is 0 Å². The van der Waals surface area contributed by atoms with Gasteiger partial charge in [-0.25, -0.2) is 0 Å². The summed E-state index contributed by atoms with van der Waals surface area (Å²) in [5, 5.41) is 3.99. The van der Waals surface area contributed by atoms with E-state index in [4.69, 9.17) is 0 Å². The number of nitrogens with one attached hydrogen (secondary N) is 1. The molecule has 1 amide bonds. The summed E-state index contributed by atoms with van der Waals surface area (Å²) in [5.74, 6) is 0.0331. The minimum Gasteiger partial charge on any atom is -0.351 e. The lowest BCUT2D eigenvalue weighted by atomic mass is 10.1. The summed E-state index contributed by atoms with van der Waals surface area (Å²) in [7, 11) is 0. The van der Waals surface area contributed by atoms with Crippen molar-refractivity contribution in [1.29, 1.82) is 0 Å². The normalized spacial score (nSPS) is 16.9. The number of carbonyl (C=O) groups excluding carboxylic acids is 1. The second-order valence-electron chi connectivity index (χ2n) is 4.33. The van der Waals surface area contributed by atoms with Gasteiger partial charge in [-0.05, 0) is 59.0 Å². The van der Waals surface area contributed by atoms with Gasteiger partial charge >= 0.3 is 0 Å². The molecule has 0 aromatic heterocycles. The van der Waals surface area contributed by atoms with Crippen LogP contribution in [0.4, 0.5) is 0 Å². The van der Waals surface area contributed by atoms with E-state index in [0.717, 1.165) is 21.0 Å². The van der Waals surface area contributed by atoms with Crippen molar-refractivity contribution in [2.75, 3.05) is 11.9 Å². The van der Waals surface area contributed by atoms with Gasteiger partial charge in [-0.15, -0.1) is 0 Å². The van der Waals surface area contributed by atoms with E-state index < -0.39 is 0 Å². The van der Waals surface area contributed by atoms with Crippen molar-refractivity contribution in [2.45, 2.75) is 12.8 Å². The van der Waals surface area contributed by atoms with Crippen LogP contribution in [0.1, 0.15) is 23.2 Å². The molecule has 1 aromatic carbocycles. The molecule has 1 aliphatic carbocycles. The Labute approximate surface area is 117 Å². The smallest absolute Gasteiger partial charge is 0.251 e. The van der Waals surface area contributed by atoms with Gasteiger partial charge in [-0.1, -0.05) is 22.0 Å². The summed E-state index contributed by atoms with van der Waals surface area (Å²) in [5.41, 5.74) is 1.08. The molecule has 2 nitrogen and oxygen atoms in total. The van der Waals surface area contributed by atoms with E-state index >= 15 is 0 Å². The average Bonchev–Trinajstić information content (AvgIpc) is 3.07. The Morgan fingerprint density at radius 3 is 2.81 bits per heavy atom. The largest absolute Gasteiger partial charge is 0.351 e. The molecule has 0 spiro atoms. The molecule has 86 valence electrons. The molecule has 1 N–H and O–H groups in total. The van der Waals surface area contributed by atoms with Crippen molar-refractivity contribution < 1.29 is 4.79 Å². The molecular weight excluding hydrogens is 381 g/mol. The van der Waals surface area contributed by atoms with Gasteiger partial charge in [0.15, 0.2) is 0 Å². The average molecular weight is 394 g/mol. The van der Waals surface area contributed by atoms with Gasteiger partial charge in [0.25, 0.3) is 5.91 Å². The number of alkyl halides is 1. The Morgan fingerprint density at radius 1 is 1.50 bits per heavy atom. The third-order valence-electron chi connectivity index (χ3n) is 2.95. The first-order chi connectivity index (χ1) is 7.65. The molecule has 0 saturated heterocycles. The molecule has 0 aliphatic heterocycles. The van der Waals surface area contributed by atoms with Gasteiger partial charge in [0.1, 0.15) is 0 Å². The van der Waals surface area contributed by atoms with E-state index in [1.54, 1.807) is 0 Å². The molecule has 1 aromatic rings. The van der Waals surface area contributed by atoms with E-state index in [0.29, 0.717) is 5.41 Å². The first-order valence-electron chi connectivity index (χ1n) is 5.25. The van der Waals surface area contributed by atoms with Crippen LogP contribution in [0.2, 0.25) is 0 Å². The zero-order valence-corrected chi connectivity index (χ0v) is 12.5. The number of rotatable bonds is 4. The number of carbonyl (C=O) groups is 1. The fraction of sp³-hybridized carbons (Fsp3) is 0.417. The van der Waals surface area contributed by atoms with Crippen molar-refractivity contribution >= 4 is 44.4 Å². The third kappa shape index (κ3) is 2.97. The van der Waals surface area contributed by atoms with Gasteiger partial charge < -0.3 is 5.32 Å². The summed E-state index contributed by atoms with van der Waals surface area (Å²) in [6.45, 7) is 0.780. The monoisotopic (exact) mass is 393 g/mol. The van der Waals surface area contributed by atoms with Crippen LogP contribution in [0.5, 0.6) is 0 Å². The van der Waals surface area contributed by atoms with Crippen molar-refractivity contribution in [3.05, 3.63) is 33.4 Å². The lowest BCUT2D eigenvalue weighted by molar-refractivity contribution is 0.0946. The predicted molar refractivity (Wildman–Crippen MR) is 77.0 cm³/mol. The van der Waals surface area contributed by atoms with Crippen molar-refractivity contribution in [1.82, 2.24) is 5.32 Å². The molecule has 16 heavy (non-hydrogen) atoms. The Bertz CT molecular complexity index is 404. The number of benzene rings is 1. The Hall–Kier alpha value is -0.100. The van der Waals surface area contributed by atoms with Crippen LogP contribution in [0.25, 0.3) is 0 Å². The Morgan fingerprint density at radius 2 is 2.25 bits per heavy atom. The van der Waals surface area contributed by atoms with Crippen LogP contribution in [-0.4, -0.2) is 17.8 Å². The molecule has 4 heteroatoms. The lowest BCUT2D eigenvalue weighted by Crippen LogP contribution is -2.30. The SMILES string of the molecule is O=C(NCC1(CBr)CC1)c1cccc(I)c1. The first-order valence-corrected chi connectivity index (χ1v) is 7.45. The van der Waals surface area contributed by atoms with E-state index in [1.165, 1.54) is 12.8 Å². The molecule has 0 atom stereocenters. The van der Waals surface area contributed by atoms with Gasteiger partial charge in [0.2, 0.25) is 0 Å². The minimum atomic E-state index is 0.0331. The summed E-state index contributed by atoms with van der Waals surface area (Å²) in [6, 6.07) is 7.65. The van der Waals surface area contributed by atoms with Gasteiger partial charge in [-0.3, -0.25) is 4.79 Å². The number of halogens is 2. The van der Waals surface area contributed by atoms with Gasteiger partial charge in [0.05, 0.1) is 0 Å². The highest BCUT2D eigenvalue weighted by Crippen LogP contribution is 2.46. The second-order valence-corrected chi connectivity index (χ2v) is 6.13. The fourth-order valence-electron chi connectivity index (χ4n) is 1.53. The maximum absolute atomic E-state index is 11.9. The van der Waals surface area contributed by atoms with Crippen LogP contribution in [0.15, 0.2) is 24.3 Å². The Balaban J connectivity index is 1.93. The molecule has 0 bridgehead atoms. The van der Waals surface area contributed by atoms with Crippen molar-refractivity contribution in [3.8, 4) is 0 Å². The van der Waals surface area contributed by atoms with E-state index in [9.17, 15) is 4.79 Å². The van der Waals surface area contributed by atoms with E-state index in [2.05, 4.69) is 43.8 Å². The second kappa shape index (κ2) is 5.04. The highest BCUT2D eigenvalue weighted by atomic mass is 127. The quantitative estimate of drug-likeness (QED) is 0.617. The summed E-state index contributed by atoms with van der Waals surface area (Å²) >= 11 is 5.71. The minimum absolute atomic E-state index is 0.0331. The molecule has 1 fully saturated rings. The topological polar surface area (TPSA) is 29.1 Å². The summed E-state index contributed by atoms with van der Waals surface area (Å²) in [4.78, 5) is 11.9. The fourth-order valence-corrected chi connectivity index (χ4v) is 2.84. The summed E-state index contributed by atoms with van der Waals surface area (Å²) < 4.78 is 1.09. The standard InChI is InChI=1S/C12H13BrINO/c13-7-12(4-5-12)8-15-11(16)9-2-1-3-10(14)6-9/h1-3,6H,4-5,7-8H2,(H,15,16). The molecule has 0 heterocycles. The summed E-state index contributed by atoms with van der Waals surface area (Å²) in [6.07, 6.45) is 2.43. The van der Waals surface area contributed by atoms with E-state index in [1.807, 2.05) is 24.3 Å². The lowest BCUT2D eigenvalue weighted by Gasteiger charge is -2.12.